The minimum absolute atomic E-state index is 0.0453. The molecule has 3 heterocycles. The summed E-state index contributed by atoms with van der Waals surface area (Å²) in [7, 11) is 0. The lowest BCUT2D eigenvalue weighted by molar-refractivity contribution is -0.139. The minimum Gasteiger partial charge on any atom is -0.480 e. The minimum atomic E-state index is -0.812. The molecule has 1 N–H and O–H groups in total. The van der Waals surface area contributed by atoms with E-state index in [9.17, 15) is 4.79 Å². The summed E-state index contributed by atoms with van der Waals surface area (Å²) in [5.74, 6) is -0.474. The highest BCUT2D eigenvalue weighted by molar-refractivity contribution is 6.31. The Balaban J connectivity index is 0.000000585. The van der Waals surface area contributed by atoms with E-state index >= 15 is 0 Å². The van der Waals surface area contributed by atoms with Gasteiger partial charge < -0.3 is 9.84 Å². The number of alkyl halides is 1. The molecule has 0 saturated carbocycles. The lowest BCUT2D eigenvalue weighted by atomic mass is 9.84. The molecule has 2 saturated heterocycles. The lowest BCUT2D eigenvalue weighted by Gasteiger charge is -2.38. The van der Waals surface area contributed by atoms with Gasteiger partial charge in [-0.25, -0.2) is 0 Å². The van der Waals surface area contributed by atoms with Crippen molar-refractivity contribution >= 4 is 34.9 Å². The number of aliphatic imine (C=N–C) groups is 1. The Labute approximate surface area is 245 Å². The van der Waals surface area contributed by atoms with Gasteiger partial charge in [-0.15, -0.1) is 11.6 Å². The second-order valence-electron chi connectivity index (χ2n) is 8.67. The first-order valence-corrected chi connectivity index (χ1v) is 14.6. The number of allylic oxidation sites excluding steroid dienone is 5. The van der Waals surface area contributed by atoms with Crippen molar-refractivity contribution in [1.29, 1.82) is 0 Å². The summed E-state index contributed by atoms with van der Waals surface area (Å²) < 4.78 is 6.63. The Hall–Kier alpha value is -2.44. The Bertz CT molecular complexity index is 1050. The summed E-state index contributed by atoms with van der Waals surface area (Å²) in [6.07, 6.45) is 13.1. The van der Waals surface area contributed by atoms with Gasteiger partial charge in [0.1, 0.15) is 11.7 Å². The molecule has 0 bridgehead atoms. The number of hydrogen-bond donors (Lipinski definition) is 1. The van der Waals surface area contributed by atoms with E-state index in [0.717, 1.165) is 23.3 Å². The zero-order valence-corrected chi connectivity index (χ0v) is 25.5. The topological polar surface area (TPSA) is 62.1 Å². The van der Waals surface area contributed by atoms with E-state index in [1.165, 1.54) is 5.56 Å². The number of likely N-dealkylation sites (tertiary alicyclic amines) is 1. The molecule has 2 fully saturated rings. The fourth-order valence-electron chi connectivity index (χ4n) is 4.46. The summed E-state index contributed by atoms with van der Waals surface area (Å²) in [5, 5.41) is 9.58. The van der Waals surface area contributed by atoms with E-state index in [0.29, 0.717) is 36.8 Å². The smallest absolute Gasteiger partial charge is 0.317 e. The van der Waals surface area contributed by atoms with Crippen molar-refractivity contribution in [2.45, 2.75) is 65.6 Å². The third kappa shape index (κ3) is 10.6. The fraction of sp³-hybridized carbons (Fsp3) is 0.438. The molecule has 39 heavy (non-hydrogen) atoms. The number of rotatable bonds is 6. The van der Waals surface area contributed by atoms with Crippen LogP contribution in [0, 0.1) is 6.92 Å². The molecular weight excluding hydrogens is 531 g/mol. The molecule has 3 aliphatic rings. The van der Waals surface area contributed by atoms with Crippen LogP contribution in [0.2, 0.25) is 0 Å². The molecule has 1 aromatic rings. The van der Waals surface area contributed by atoms with Gasteiger partial charge >= 0.3 is 5.97 Å². The molecule has 1 spiro atoms. The van der Waals surface area contributed by atoms with Crippen LogP contribution in [0.1, 0.15) is 52.5 Å². The van der Waals surface area contributed by atoms with Crippen molar-refractivity contribution in [1.82, 2.24) is 4.90 Å². The number of piperidine rings is 1. The van der Waals surface area contributed by atoms with Crippen LogP contribution in [0.5, 0.6) is 0 Å². The van der Waals surface area contributed by atoms with E-state index in [1.54, 1.807) is 6.08 Å². The standard InChI is InChI=1S/C21H24Cl2N2O3.C7H8.2C2H6/c1-2-16(23)13-15(6-9-22)19-17-5-3-4-10-24-20(17)21(28-19)7-11-25(12-8-21)14-18(26)27;1-7-5-3-2-4-6-7;2*1-2/h2,4-6,10,13,19H,1,3,7-9,11-12,14H2,(H,26,27);2-6H,1H3;2*1-2H3/b15-6+,16-13+;;;. The Morgan fingerprint density at radius 2 is 1.85 bits per heavy atom. The number of hydrogen-bond acceptors (Lipinski definition) is 4. The largest absolute Gasteiger partial charge is 0.480 e. The summed E-state index contributed by atoms with van der Waals surface area (Å²) >= 11 is 12.2. The number of ether oxygens (including phenoxy) is 1. The van der Waals surface area contributed by atoms with Gasteiger partial charge in [0.05, 0.1) is 12.3 Å². The number of nitrogens with zero attached hydrogens (tertiary/aromatic N) is 2. The molecule has 1 unspecified atom stereocenters. The third-order valence-corrected chi connectivity index (χ3v) is 6.61. The van der Waals surface area contributed by atoms with Gasteiger partial charge in [0.15, 0.2) is 0 Å². The lowest BCUT2D eigenvalue weighted by Crippen LogP contribution is -2.49. The number of fused-ring (bicyclic) bond motifs is 2. The maximum absolute atomic E-state index is 11.0. The van der Waals surface area contributed by atoms with Crippen LogP contribution >= 0.6 is 23.2 Å². The molecular formula is C32H44Cl2N2O3. The molecule has 7 heteroatoms. The first kappa shape index (κ1) is 34.6. The average molecular weight is 576 g/mol. The SMILES string of the molecule is C=C/C(Cl)=C\C(=C/CCl)C1OC2(CCN(CC(=O)O)CC2)C2=NC=CCC=C21.CC.CC.Cc1ccccc1. The molecule has 214 valence electrons. The summed E-state index contributed by atoms with van der Waals surface area (Å²) in [6, 6.07) is 10.3. The van der Waals surface area contributed by atoms with Gasteiger partial charge in [0.2, 0.25) is 0 Å². The number of carboxylic acids is 1. The van der Waals surface area contributed by atoms with Crippen LogP contribution in [0.15, 0.2) is 94.7 Å². The van der Waals surface area contributed by atoms with E-state index in [4.69, 9.17) is 38.0 Å². The van der Waals surface area contributed by atoms with E-state index in [1.807, 2.05) is 75.2 Å². The Morgan fingerprint density at radius 3 is 2.36 bits per heavy atom. The normalized spacial score (nSPS) is 19.9. The molecule has 0 amide bonds. The van der Waals surface area contributed by atoms with Crippen LogP contribution in [-0.2, 0) is 9.53 Å². The summed E-state index contributed by atoms with van der Waals surface area (Å²) in [4.78, 5) is 17.7. The number of halogens is 2. The molecule has 1 atom stereocenters. The van der Waals surface area contributed by atoms with Gasteiger partial charge in [0.25, 0.3) is 0 Å². The molecule has 0 radical (unpaired) electrons. The molecule has 4 rings (SSSR count). The monoisotopic (exact) mass is 574 g/mol. The van der Waals surface area contributed by atoms with Gasteiger partial charge in [0, 0.05) is 35.8 Å². The first-order chi connectivity index (χ1) is 18.9. The van der Waals surface area contributed by atoms with Crippen molar-refractivity contribution in [2.75, 3.05) is 25.5 Å². The zero-order valence-electron chi connectivity index (χ0n) is 24.0. The molecule has 0 aliphatic carbocycles. The molecule has 3 aliphatic heterocycles. The van der Waals surface area contributed by atoms with Gasteiger partial charge in [-0.1, -0.05) is 106 Å². The quantitative estimate of drug-likeness (QED) is 0.275. The number of aliphatic carboxylic acids is 1. The van der Waals surface area contributed by atoms with Crippen LogP contribution in [0.25, 0.3) is 0 Å². The van der Waals surface area contributed by atoms with Crippen molar-refractivity contribution in [3.05, 3.63) is 95.2 Å². The second kappa shape index (κ2) is 18.8. The highest BCUT2D eigenvalue weighted by atomic mass is 35.5. The highest BCUT2D eigenvalue weighted by Crippen LogP contribution is 2.43. The number of aryl methyl sites for hydroxylation is 1. The van der Waals surface area contributed by atoms with Crippen LogP contribution in [0.3, 0.4) is 0 Å². The molecule has 5 nitrogen and oxygen atoms in total. The van der Waals surface area contributed by atoms with Crippen molar-refractivity contribution in [3.8, 4) is 0 Å². The van der Waals surface area contributed by atoms with Crippen LogP contribution < -0.4 is 0 Å². The number of benzene rings is 1. The predicted molar refractivity (Wildman–Crippen MR) is 167 cm³/mol. The van der Waals surface area contributed by atoms with E-state index in [2.05, 4.69) is 31.7 Å². The number of carbonyl (C=O) groups is 1. The van der Waals surface area contributed by atoms with Gasteiger partial charge in [-0.3, -0.25) is 14.7 Å². The highest BCUT2D eigenvalue weighted by Gasteiger charge is 2.51. The van der Waals surface area contributed by atoms with Crippen molar-refractivity contribution in [3.63, 3.8) is 0 Å². The van der Waals surface area contributed by atoms with Crippen LogP contribution in [-0.4, -0.2) is 58.9 Å². The Kier molecular flexibility index (Phi) is 16.7. The van der Waals surface area contributed by atoms with Gasteiger partial charge in [-0.2, -0.15) is 0 Å². The van der Waals surface area contributed by atoms with E-state index in [-0.39, 0.29) is 12.6 Å². The number of carboxylic acid groups (broad SMARTS) is 1. The summed E-state index contributed by atoms with van der Waals surface area (Å²) in [5.41, 5.74) is 3.65. The third-order valence-electron chi connectivity index (χ3n) is 6.19. The first-order valence-electron chi connectivity index (χ1n) is 13.7. The molecule has 0 aromatic heterocycles. The van der Waals surface area contributed by atoms with Crippen molar-refractivity contribution in [2.24, 2.45) is 4.99 Å². The Morgan fingerprint density at radius 1 is 1.21 bits per heavy atom. The van der Waals surface area contributed by atoms with Crippen LogP contribution in [0.4, 0.5) is 0 Å². The fourth-order valence-corrected chi connectivity index (χ4v) is 4.76. The van der Waals surface area contributed by atoms with Crippen molar-refractivity contribution < 1.29 is 14.6 Å². The average Bonchev–Trinajstić information content (AvgIpc) is 3.08. The second-order valence-corrected chi connectivity index (χ2v) is 9.41. The zero-order chi connectivity index (χ0) is 29.3. The predicted octanol–water partition coefficient (Wildman–Crippen LogP) is 8.11. The van der Waals surface area contributed by atoms with E-state index < -0.39 is 11.6 Å². The molecule has 1 aromatic carbocycles. The summed E-state index contributed by atoms with van der Waals surface area (Å²) in [6.45, 7) is 15.1. The maximum atomic E-state index is 11.0. The van der Waals surface area contributed by atoms with Gasteiger partial charge in [-0.05, 0) is 37.8 Å². The maximum Gasteiger partial charge on any atom is 0.317 e.